The molecule has 0 aromatic heterocycles. The van der Waals surface area contributed by atoms with E-state index in [-0.39, 0.29) is 0 Å². The summed E-state index contributed by atoms with van der Waals surface area (Å²) in [6, 6.07) is 5.19. The number of hydrogen-bond donors (Lipinski definition) is 2. The summed E-state index contributed by atoms with van der Waals surface area (Å²) in [7, 11) is 2.41. The Labute approximate surface area is 112 Å². The molecule has 0 saturated heterocycles. The van der Waals surface area contributed by atoms with Crippen LogP contribution in [0.1, 0.15) is 11.1 Å². The molecule has 100 valence electrons. The molecule has 1 aromatic carbocycles. The Morgan fingerprint density at radius 2 is 1.84 bits per heavy atom. The van der Waals surface area contributed by atoms with E-state index < -0.39 is 25.0 Å². The molecular weight excluding hydrogens is 267 g/mol. The van der Waals surface area contributed by atoms with Crippen molar-refractivity contribution in [3.05, 3.63) is 23.3 Å². The highest BCUT2D eigenvalue weighted by Crippen LogP contribution is 2.21. The molecule has 1 atom stereocenters. The topological polar surface area (TPSA) is 102 Å². The number of rotatable bonds is 5. The molecule has 2 N–H and O–H groups in total. The third-order valence-corrected chi connectivity index (χ3v) is 2.96. The highest BCUT2D eigenvalue weighted by molar-refractivity contribution is 7.27. The molecule has 0 amide bonds. The first kappa shape index (κ1) is 14.9. The van der Waals surface area contributed by atoms with Crippen LogP contribution in [-0.4, -0.2) is 35.2 Å². The van der Waals surface area contributed by atoms with Crippen molar-refractivity contribution in [2.45, 2.75) is 6.92 Å². The zero-order chi connectivity index (χ0) is 14.6. The number of nitriles is 1. The van der Waals surface area contributed by atoms with Crippen LogP contribution >= 0.6 is 9.24 Å². The van der Waals surface area contributed by atoms with Gasteiger partial charge in [0.2, 0.25) is 0 Å². The molecule has 0 aliphatic carbocycles. The van der Waals surface area contributed by atoms with Crippen molar-refractivity contribution in [2.75, 3.05) is 18.0 Å². The number of benzene rings is 1. The van der Waals surface area contributed by atoms with E-state index in [0.717, 1.165) is 0 Å². The first-order valence-electron chi connectivity index (χ1n) is 5.34. The summed E-state index contributed by atoms with van der Waals surface area (Å²) >= 11 is 0. The standard InChI is InChI=1S/C12H13N2O4P/c1-7-2-10(19)8(4-13)3-9(7)14(5-11(15)16)6-12(17)18/h2-3H,5-6,19H2,1H3,(H,15,16)(H,17,18). The average molecular weight is 280 g/mol. The minimum absolute atomic E-state index is 0.367. The first-order valence-corrected chi connectivity index (χ1v) is 5.91. The molecule has 0 bridgehead atoms. The summed E-state index contributed by atoms with van der Waals surface area (Å²) in [6.07, 6.45) is 0. The molecule has 0 aliphatic rings. The fraction of sp³-hybridized carbons (Fsp3) is 0.250. The van der Waals surface area contributed by atoms with Gasteiger partial charge in [-0.2, -0.15) is 5.26 Å². The first-order chi connectivity index (χ1) is 8.85. The van der Waals surface area contributed by atoms with Crippen molar-refractivity contribution in [3.63, 3.8) is 0 Å². The van der Waals surface area contributed by atoms with E-state index in [9.17, 15) is 9.59 Å². The second kappa shape index (κ2) is 6.17. The number of carboxylic acid groups (broad SMARTS) is 2. The Morgan fingerprint density at radius 3 is 2.26 bits per heavy atom. The number of aliphatic carboxylic acids is 2. The van der Waals surface area contributed by atoms with Crippen LogP contribution in [0.5, 0.6) is 0 Å². The number of nitrogens with zero attached hydrogens (tertiary/aromatic N) is 2. The van der Waals surface area contributed by atoms with Crippen molar-refractivity contribution < 1.29 is 19.8 Å². The van der Waals surface area contributed by atoms with E-state index in [1.165, 1.54) is 11.0 Å². The molecule has 0 radical (unpaired) electrons. The molecule has 19 heavy (non-hydrogen) atoms. The summed E-state index contributed by atoms with van der Waals surface area (Å²) in [6.45, 7) is 0.864. The van der Waals surface area contributed by atoms with Gasteiger partial charge in [0.05, 0.1) is 11.6 Å². The molecule has 0 aliphatic heterocycles. The van der Waals surface area contributed by atoms with E-state index in [4.69, 9.17) is 15.5 Å². The third-order valence-electron chi connectivity index (χ3n) is 2.48. The van der Waals surface area contributed by atoms with Crippen LogP contribution < -0.4 is 10.2 Å². The van der Waals surface area contributed by atoms with E-state index in [1.807, 2.05) is 6.07 Å². The van der Waals surface area contributed by atoms with Crippen molar-refractivity contribution in [2.24, 2.45) is 0 Å². The Morgan fingerprint density at radius 1 is 1.32 bits per heavy atom. The predicted octanol–water partition coefficient (Wildman–Crippen LogP) is 0.343. The van der Waals surface area contributed by atoms with Crippen LogP contribution in [0, 0.1) is 18.3 Å². The van der Waals surface area contributed by atoms with Crippen molar-refractivity contribution in [1.29, 1.82) is 5.26 Å². The van der Waals surface area contributed by atoms with Crippen LogP contribution in [0.3, 0.4) is 0 Å². The van der Waals surface area contributed by atoms with Gasteiger partial charge in [-0.05, 0) is 29.9 Å². The highest BCUT2D eigenvalue weighted by Gasteiger charge is 2.17. The molecule has 0 spiro atoms. The Kier molecular flexibility index (Phi) is 4.85. The van der Waals surface area contributed by atoms with Gasteiger partial charge in [-0.3, -0.25) is 9.59 Å². The van der Waals surface area contributed by atoms with Gasteiger partial charge in [-0.1, -0.05) is 0 Å². The fourth-order valence-corrected chi connectivity index (χ4v) is 2.11. The van der Waals surface area contributed by atoms with Gasteiger partial charge in [-0.15, -0.1) is 9.24 Å². The van der Waals surface area contributed by atoms with Crippen molar-refractivity contribution >= 4 is 32.2 Å². The molecule has 1 aromatic rings. The number of anilines is 1. The maximum atomic E-state index is 10.8. The minimum Gasteiger partial charge on any atom is -0.480 e. The van der Waals surface area contributed by atoms with E-state index in [0.29, 0.717) is 22.1 Å². The van der Waals surface area contributed by atoms with Gasteiger partial charge < -0.3 is 15.1 Å². The monoisotopic (exact) mass is 280 g/mol. The molecule has 6 nitrogen and oxygen atoms in total. The summed E-state index contributed by atoms with van der Waals surface area (Å²) < 4.78 is 0. The van der Waals surface area contributed by atoms with Crippen LogP contribution in [0.4, 0.5) is 5.69 Å². The molecule has 7 heteroatoms. The van der Waals surface area contributed by atoms with E-state index in [2.05, 4.69) is 9.24 Å². The third kappa shape index (κ3) is 3.94. The lowest BCUT2D eigenvalue weighted by atomic mass is 10.1. The van der Waals surface area contributed by atoms with Gasteiger partial charge in [-0.25, -0.2) is 0 Å². The SMILES string of the molecule is Cc1cc(P)c(C#N)cc1N(CC(=O)O)CC(=O)O. The van der Waals surface area contributed by atoms with Crippen LogP contribution in [-0.2, 0) is 9.59 Å². The molecule has 1 unspecified atom stereocenters. The van der Waals surface area contributed by atoms with Gasteiger partial charge >= 0.3 is 11.9 Å². The quantitative estimate of drug-likeness (QED) is 0.754. The lowest BCUT2D eigenvalue weighted by Crippen LogP contribution is -2.35. The highest BCUT2D eigenvalue weighted by atomic mass is 31.0. The zero-order valence-electron chi connectivity index (χ0n) is 10.3. The number of carbonyl (C=O) groups is 2. The largest absolute Gasteiger partial charge is 0.480 e. The van der Waals surface area contributed by atoms with Gasteiger partial charge in [0, 0.05) is 5.69 Å². The summed E-state index contributed by atoms with van der Waals surface area (Å²) in [5.74, 6) is -2.26. The Bertz CT molecular complexity index is 550. The van der Waals surface area contributed by atoms with Crippen molar-refractivity contribution in [1.82, 2.24) is 0 Å². The minimum atomic E-state index is -1.13. The fourth-order valence-electron chi connectivity index (χ4n) is 1.71. The van der Waals surface area contributed by atoms with Crippen LogP contribution in [0.2, 0.25) is 0 Å². The lowest BCUT2D eigenvalue weighted by molar-refractivity contribution is -0.136. The maximum absolute atomic E-state index is 10.8. The normalized spacial score (nSPS) is 9.74. The zero-order valence-corrected chi connectivity index (χ0v) is 11.4. The molecule has 0 saturated carbocycles. The second-order valence-electron chi connectivity index (χ2n) is 3.98. The molecule has 0 heterocycles. The van der Waals surface area contributed by atoms with E-state index >= 15 is 0 Å². The molecular formula is C12H13N2O4P. The maximum Gasteiger partial charge on any atom is 0.323 e. The summed E-state index contributed by atoms with van der Waals surface area (Å²) in [4.78, 5) is 22.8. The van der Waals surface area contributed by atoms with Gasteiger partial charge in [0.15, 0.2) is 0 Å². The average Bonchev–Trinajstić information content (AvgIpc) is 2.27. The molecule has 0 fully saturated rings. The van der Waals surface area contributed by atoms with Crippen LogP contribution in [0.15, 0.2) is 12.1 Å². The summed E-state index contributed by atoms with van der Waals surface area (Å²) in [5.41, 5.74) is 1.52. The van der Waals surface area contributed by atoms with E-state index in [1.54, 1.807) is 13.0 Å². The smallest absolute Gasteiger partial charge is 0.323 e. The summed E-state index contributed by atoms with van der Waals surface area (Å²) in [5, 5.41) is 27.3. The predicted molar refractivity (Wildman–Crippen MR) is 72.7 cm³/mol. The van der Waals surface area contributed by atoms with Gasteiger partial charge in [0.25, 0.3) is 0 Å². The number of aryl methyl sites for hydroxylation is 1. The van der Waals surface area contributed by atoms with Crippen LogP contribution in [0.25, 0.3) is 0 Å². The second-order valence-corrected chi connectivity index (χ2v) is 4.60. The van der Waals surface area contributed by atoms with Gasteiger partial charge in [0.1, 0.15) is 13.1 Å². The lowest BCUT2D eigenvalue weighted by Gasteiger charge is -2.23. The molecule has 1 rings (SSSR count). The Hall–Kier alpha value is -2.12. The number of hydrogen-bond acceptors (Lipinski definition) is 4. The Balaban J connectivity index is 3.25. The van der Waals surface area contributed by atoms with Crippen molar-refractivity contribution in [3.8, 4) is 6.07 Å². The number of carboxylic acids is 2.